The molecule has 0 fully saturated rings. The fourth-order valence-corrected chi connectivity index (χ4v) is 15.1. The molecule has 10 rings (SSSR count). The van der Waals surface area contributed by atoms with Gasteiger partial charge in [-0.2, -0.15) is 0 Å². The summed E-state index contributed by atoms with van der Waals surface area (Å²) in [4.78, 5) is 0. The Morgan fingerprint density at radius 2 is 0.936 bits per heavy atom. The molecule has 0 spiro atoms. The molecule has 9 heteroatoms. The average molecular weight is 1440 g/mol. The second-order valence-corrected chi connectivity index (χ2v) is 35.3. The van der Waals surface area contributed by atoms with Crippen LogP contribution in [0.15, 0.2) is 133 Å². The minimum atomic E-state index is -2.05. The number of aryl methyl sites for hydroxylation is 2. The first-order chi connectivity index (χ1) is 42.8. The van der Waals surface area contributed by atoms with E-state index in [0.29, 0.717) is 45.7 Å². The van der Waals surface area contributed by atoms with Gasteiger partial charge in [0.15, 0.2) is 0 Å². The number of aromatic nitrogens is 2. The van der Waals surface area contributed by atoms with E-state index < -0.39 is 34.3 Å². The zero-order valence-corrected chi connectivity index (χ0v) is 64.7. The van der Waals surface area contributed by atoms with Gasteiger partial charge in [-0.25, -0.2) is 8.78 Å². The first-order valence-corrected chi connectivity index (χ1v) is 33.8. The normalized spacial score (nSPS) is 16.5. The SMILES string of the molecule is Cc1cc(F)cc(C2=CC(C(C)(C)CC(C)(C)C)=CC(n3c4ccc(C(C)(C)C)cc4c4cc(C(C)(C)C)ccc43)C2(O)OCCCOc2c(C)cc(F)cc2-c2cc(C(C)(C)CC(C)(C)C)cc(-n3c4ccc(C(C)(C)C)cc4c4cc(C(C)(C)C)ccc43)c2O)c1.[Hf]. The van der Waals surface area contributed by atoms with Gasteiger partial charge in [-0.3, -0.25) is 0 Å². The van der Waals surface area contributed by atoms with Gasteiger partial charge in [-0.1, -0.05) is 189 Å². The summed E-state index contributed by atoms with van der Waals surface area (Å²) in [5.41, 5.74) is 13.0. The smallest absolute Gasteiger partial charge is 0.218 e. The van der Waals surface area contributed by atoms with Crippen molar-refractivity contribution < 1.29 is 54.3 Å². The molecule has 2 N–H and O–H groups in total. The van der Waals surface area contributed by atoms with Crippen molar-refractivity contribution in [1.29, 1.82) is 0 Å². The Bertz CT molecular complexity index is 4290. The Morgan fingerprint density at radius 3 is 1.39 bits per heavy atom. The zero-order chi connectivity index (χ0) is 68.5. The van der Waals surface area contributed by atoms with Crippen LogP contribution in [0.2, 0.25) is 0 Å². The molecule has 2 aromatic heterocycles. The van der Waals surface area contributed by atoms with Crippen LogP contribution in [0.4, 0.5) is 8.78 Å². The fourth-order valence-electron chi connectivity index (χ4n) is 15.1. The molecule has 6 nitrogen and oxygen atoms in total. The molecular weight excluding hydrogens is 1330 g/mol. The summed E-state index contributed by atoms with van der Waals surface area (Å²) in [6, 6.07) is 38.0. The molecule has 2 unspecified atom stereocenters. The van der Waals surface area contributed by atoms with Crippen molar-refractivity contribution in [3.8, 4) is 28.3 Å². The van der Waals surface area contributed by atoms with Crippen molar-refractivity contribution in [2.24, 2.45) is 16.2 Å². The second kappa shape index (κ2) is 25.1. The molecular formula is C85H106F2HfN2O4. The summed E-state index contributed by atoms with van der Waals surface area (Å²) in [5, 5.41) is 31.8. The van der Waals surface area contributed by atoms with Gasteiger partial charge in [0.1, 0.15) is 29.2 Å². The van der Waals surface area contributed by atoms with Crippen molar-refractivity contribution in [2.75, 3.05) is 13.2 Å². The predicted molar refractivity (Wildman–Crippen MR) is 389 cm³/mol. The van der Waals surface area contributed by atoms with Gasteiger partial charge in [-0.05, 0) is 211 Å². The van der Waals surface area contributed by atoms with E-state index in [4.69, 9.17) is 9.47 Å². The van der Waals surface area contributed by atoms with Crippen LogP contribution in [-0.2, 0) is 57.7 Å². The maximum atomic E-state index is 16.4. The third-order valence-electron chi connectivity index (χ3n) is 19.3. The monoisotopic (exact) mass is 1440 g/mol. The molecule has 498 valence electrons. The van der Waals surface area contributed by atoms with Crippen LogP contribution in [-0.4, -0.2) is 38.3 Å². The number of phenols is 1. The Hall–Kier alpha value is -6.13. The van der Waals surface area contributed by atoms with Crippen LogP contribution < -0.4 is 4.74 Å². The number of nitrogens with zero attached hydrogens (tertiary/aromatic N) is 2. The Kier molecular flexibility index (Phi) is 19.2. The molecule has 9 aromatic rings. The van der Waals surface area contributed by atoms with Gasteiger partial charge in [0.2, 0.25) is 5.79 Å². The van der Waals surface area contributed by atoms with Crippen LogP contribution in [0.3, 0.4) is 0 Å². The molecule has 94 heavy (non-hydrogen) atoms. The largest absolute Gasteiger partial charge is 0.505 e. The number of phenolic OH excluding ortho intramolecular Hbond substituents is 1. The van der Waals surface area contributed by atoms with E-state index in [2.05, 4.69) is 246 Å². The number of fused-ring (bicyclic) bond motifs is 6. The molecule has 2 atom stereocenters. The molecule has 2 heterocycles. The van der Waals surface area contributed by atoms with E-state index in [0.717, 1.165) is 73.2 Å². The van der Waals surface area contributed by atoms with Crippen molar-refractivity contribution in [1.82, 2.24) is 9.13 Å². The summed E-state index contributed by atoms with van der Waals surface area (Å²) in [5.74, 6) is -2.48. The maximum absolute atomic E-state index is 16.4. The number of benzene rings is 7. The summed E-state index contributed by atoms with van der Waals surface area (Å²) >= 11 is 0. The first-order valence-electron chi connectivity index (χ1n) is 33.8. The first kappa shape index (κ1) is 72.1. The molecule has 0 radical (unpaired) electrons. The van der Waals surface area contributed by atoms with E-state index >= 15 is 8.78 Å². The maximum Gasteiger partial charge on any atom is 0.218 e. The Balaban J connectivity index is 0.0000104. The summed E-state index contributed by atoms with van der Waals surface area (Å²) < 4.78 is 51.0. The number of hydrogen-bond donors (Lipinski definition) is 2. The van der Waals surface area contributed by atoms with E-state index in [9.17, 15) is 10.2 Å². The van der Waals surface area contributed by atoms with Gasteiger partial charge in [0.25, 0.3) is 0 Å². The molecule has 1 aliphatic rings. The Morgan fingerprint density at radius 1 is 0.489 bits per heavy atom. The standard InChI is InChI=1S/C85H106F2N2O4.Hf/c1-51-36-53(39-60(86)37-51)68-45-59(84(23,24)50-78(6,7)8)47-74(89-71-32-28-56(81(15,16)17)42-64(71)65-43-57(82(18,19)20)29-33-72(65)89)85(68,91)93-35-25-34-92-76-52(2)38-61(87)48-67(76)66-44-58(83(21,22)49-77(3,4)5)46-73(75(66)90)88-69-30-26-54(79(9,10)11)40-62(69)63-41-55(80(12,13)14)27-31-70(63)88;/h26-33,36-48,74,90-91H,25,34-35,49-50H2,1-24H3;. The van der Waals surface area contributed by atoms with E-state index in [-0.39, 0.29) is 77.3 Å². The van der Waals surface area contributed by atoms with Gasteiger partial charge in [0.05, 0.1) is 29.9 Å². The second-order valence-electron chi connectivity index (χ2n) is 35.3. The molecule has 0 saturated carbocycles. The molecule has 0 saturated heterocycles. The Labute approximate surface area is 580 Å². The van der Waals surface area contributed by atoms with Crippen molar-refractivity contribution in [2.45, 2.75) is 224 Å². The van der Waals surface area contributed by atoms with Gasteiger partial charge >= 0.3 is 0 Å². The average Bonchev–Trinajstić information content (AvgIpc) is 1.48. The number of rotatable bonds is 14. The summed E-state index contributed by atoms with van der Waals surface area (Å²) in [6.07, 6.45) is 6.21. The minimum Gasteiger partial charge on any atom is -0.505 e. The van der Waals surface area contributed by atoms with Crippen LogP contribution in [0.5, 0.6) is 11.5 Å². The van der Waals surface area contributed by atoms with Crippen molar-refractivity contribution in [3.05, 3.63) is 189 Å². The number of hydrogen-bond acceptors (Lipinski definition) is 4. The number of aliphatic hydroxyl groups is 1. The van der Waals surface area contributed by atoms with Crippen LogP contribution in [0, 0.1) is 41.7 Å². The van der Waals surface area contributed by atoms with Gasteiger partial charge in [0, 0.05) is 81.5 Å². The molecule has 0 bridgehead atoms. The predicted octanol–water partition coefficient (Wildman–Crippen LogP) is 23.3. The van der Waals surface area contributed by atoms with E-state index in [1.54, 1.807) is 0 Å². The van der Waals surface area contributed by atoms with Crippen LogP contribution in [0.25, 0.3) is 66.0 Å². The van der Waals surface area contributed by atoms with Crippen molar-refractivity contribution in [3.63, 3.8) is 0 Å². The molecule has 0 amide bonds. The summed E-state index contributed by atoms with van der Waals surface area (Å²) in [7, 11) is 0. The fraction of sp³-hybridized carbons (Fsp3) is 0.459. The zero-order valence-electron chi connectivity index (χ0n) is 61.1. The number of allylic oxidation sites excluding steroid dienone is 2. The van der Waals surface area contributed by atoms with Gasteiger partial charge < -0.3 is 28.8 Å². The minimum absolute atomic E-state index is 0. The van der Waals surface area contributed by atoms with Crippen LogP contribution >= 0.6 is 0 Å². The number of ether oxygens (including phenoxy) is 2. The number of aromatic hydroxyl groups is 1. The molecule has 7 aromatic carbocycles. The third-order valence-corrected chi connectivity index (χ3v) is 19.3. The summed E-state index contributed by atoms with van der Waals surface area (Å²) in [6.45, 7) is 53.2. The third kappa shape index (κ3) is 14.5. The molecule has 0 aliphatic heterocycles. The van der Waals surface area contributed by atoms with Crippen LogP contribution in [0.1, 0.15) is 222 Å². The van der Waals surface area contributed by atoms with Crippen molar-refractivity contribution >= 4 is 49.2 Å². The number of halogens is 2. The quantitative estimate of drug-likeness (QED) is 0.0647. The topological polar surface area (TPSA) is 68.8 Å². The molecule has 1 aliphatic carbocycles. The van der Waals surface area contributed by atoms with Gasteiger partial charge in [-0.15, -0.1) is 0 Å². The van der Waals surface area contributed by atoms with E-state index in [1.165, 1.54) is 46.5 Å². The van der Waals surface area contributed by atoms with E-state index in [1.807, 2.05) is 32.1 Å².